The Morgan fingerprint density at radius 2 is 0.793 bits per heavy atom. The SMILES string of the molecule is CC(=O)NC1C(OCCOCCNC(=O)CCCCCNC(=O)CN(CC(=O)NCCCCCC(=O)NCCOC(C)COC2OC(CO)C(O)C(O)C2NC(C)=O)C(CCCCNC(=O)C2CCC(OC(C)(C)C)CC2)C(=O)NCCCCCC(=O)NCCOCCOC2OC(CO)C(O)C(O)C2NC(C)=O)OC(CO)C(O)C1O. The summed E-state index contributed by atoms with van der Waals surface area (Å²) in [4.78, 5) is 131. The number of nitrogens with one attached hydrogen (secondary N) is 10. The molecule has 1 saturated carbocycles. The van der Waals surface area contributed by atoms with Crippen LogP contribution >= 0.6 is 0 Å². The van der Waals surface area contributed by atoms with Gasteiger partial charge in [0.15, 0.2) is 18.9 Å². The number of hydrogen-bond acceptors (Lipinski definition) is 30. The van der Waals surface area contributed by atoms with E-state index < -0.39 is 159 Å². The minimum Gasteiger partial charge on any atom is -0.394 e. The monoisotopic (exact) mass is 1670 g/mol. The van der Waals surface area contributed by atoms with Gasteiger partial charge in [0.2, 0.25) is 59.1 Å². The van der Waals surface area contributed by atoms with Crippen molar-refractivity contribution >= 4 is 59.1 Å². The molecule has 3 saturated heterocycles. The second-order valence-corrected chi connectivity index (χ2v) is 30.7. The number of rotatable bonds is 58. The first-order valence-corrected chi connectivity index (χ1v) is 41.0. The first kappa shape index (κ1) is 102. The van der Waals surface area contributed by atoms with E-state index in [0.29, 0.717) is 90.0 Å². The maximum atomic E-state index is 14.5. The molecule has 10 amide bonds. The largest absolute Gasteiger partial charge is 0.394 e. The van der Waals surface area contributed by atoms with Gasteiger partial charge in [-0.15, -0.1) is 0 Å². The van der Waals surface area contributed by atoms with Crippen molar-refractivity contribution in [3.63, 3.8) is 0 Å². The van der Waals surface area contributed by atoms with Crippen LogP contribution in [0.3, 0.4) is 0 Å². The van der Waals surface area contributed by atoms with Gasteiger partial charge in [-0.05, 0) is 111 Å². The maximum absolute atomic E-state index is 14.5. The van der Waals surface area contributed by atoms with Gasteiger partial charge in [0.05, 0.1) is 110 Å². The number of amides is 10. The van der Waals surface area contributed by atoms with Crippen molar-refractivity contribution in [3.8, 4) is 0 Å². The molecule has 4 aliphatic rings. The van der Waals surface area contributed by atoms with Crippen LogP contribution in [0.1, 0.15) is 170 Å². The Kier molecular flexibility index (Phi) is 50.4. The Balaban J connectivity index is 1.30. The number of ether oxygens (including phenoxy) is 10. The van der Waals surface area contributed by atoms with Gasteiger partial charge >= 0.3 is 0 Å². The standard InChI is InChI=1S/C76H137N11O29/c1-47(46-112-75-64(86-50(4)93)70(104)67(101)56(45-90)115-75)109-36-33-81-59(96)22-12-9-16-28-78-61(98)42-87(41-60(97)77-27-15-8-11-20-57(94)79-31-34-107-37-39-110-73-62(84-48(2)91)68(102)65(99)54(43-88)113-73)53(19-14-18-30-82-71(105)51-23-25-52(26-24-51)116-76(5,6)7)72(106)83-29-17-10-13-21-58(95)80-32-35-108-38-40-111-74-63(85-49(3)92)69(103)66(100)55(44-89)114-74/h47,51-56,62-70,73-75,88-90,99-104H,8-46H2,1-7H3,(H,77,97)(H,78,98)(H,79,94)(H,80,95)(H,81,96)(H,82,105)(H,83,106)(H,84,91)(H,85,92)(H,86,93). The zero-order chi connectivity index (χ0) is 85.5. The molecule has 0 radical (unpaired) electrons. The van der Waals surface area contributed by atoms with Gasteiger partial charge < -0.3 is 146 Å². The van der Waals surface area contributed by atoms with Crippen LogP contribution in [0.2, 0.25) is 0 Å². The Bertz CT molecular complexity index is 2870. The highest BCUT2D eigenvalue weighted by molar-refractivity contribution is 5.86. The van der Waals surface area contributed by atoms with Gasteiger partial charge in [0, 0.05) is 91.8 Å². The minimum atomic E-state index is -1.47. The first-order chi connectivity index (χ1) is 55.4. The fourth-order valence-electron chi connectivity index (χ4n) is 13.6. The third-order valence-corrected chi connectivity index (χ3v) is 19.6. The Hall–Kier alpha value is -6.10. The molecular weight excluding hydrogens is 1530 g/mol. The zero-order valence-electron chi connectivity index (χ0n) is 68.7. The average molecular weight is 1670 g/mol. The molecule has 19 N–H and O–H groups in total. The van der Waals surface area contributed by atoms with E-state index in [1.165, 1.54) is 25.7 Å². The smallest absolute Gasteiger partial charge is 0.237 e. The summed E-state index contributed by atoms with van der Waals surface area (Å²) in [5.74, 6) is -3.74. The summed E-state index contributed by atoms with van der Waals surface area (Å²) in [5.41, 5.74) is -0.298. The highest BCUT2D eigenvalue weighted by atomic mass is 16.7. The van der Waals surface area contributed by atoms with E-state index in [1.54, 1.807) is 6.92 Å². The van der Waals surface area contributed by atoms with Crippen LogP contribution in [0, 0.1) is 5.92 Å². The van der Waals surface area contributed by atoms with E-state index in [0.717, 1.165) is 12.8 Å². The molecule has 0 bridgehead atoms. The summed E-state index contributed by atoms with van der Waals surface area (Å²) in [7, 11) is 0. The second-order valence-electron chi connectivity index (χ2n) is 30.7. The molecule has 17 atom stereocenters. The molecule has 40 heteroatoms. The number of hydrogen-bond donors (Lipinski definition) is 19. The summed E-state index contributed by atoms with van der Waals surface area (Å²) in [6.45, 7) is 10.8. The lowest BCUT2D eigenvalue weighted by atomic mass is 9.86. The van der Waals surface area contributed by atoms with E-state index in [2.05, 4.69) is 53.2 Å². The first-order valence-electron chi connectivity index (χ1n) is 41.0. The summed E-state index contributed by atoms with van der Waals surface area (Å²) < 4.78 is 56.8. The minimum absolute atomic E-state index is 0.0397. The zero-order valence-corrected chi connectivity index (χ0v) is 68.7. The van der Waals surface area contributed by atoms with E-state index in [9.17, 15) is 93.9 Å². The highest BCUT2D eigenvalue weighted by Gasteiger charge is 2.48. The lowest BCUT2D eigenvalue weighted by Crippen LogP contribution is -2.64. The molecule has 0 aromatic carbocycles. The van der Waals surface area contributed by atoms with E-state index in [1.807, 2.05) is 20.8 Å². The van der Waals surface area contributed by atoms with E-state index in [-0.39, 0.29) is 172 Å². The van der Waals surface area contributed by atoms with Crippen LogP contribution in [0.5, 0.6) is 0 Å². The third kappa shape index (κ3) is 40.8. The van der Waals surface area contributed by atoms with Crippen molar-refractivity contribution in [1.82, 2.24) is 58.1 Å². The number of nitrogens with zero attached hydrogens (tertiary/aromatic N) is 1. The van der Waals surface area contributed by atoms with Gasteiger partial charge in [-0.25, -0.2) is 0 Å². The topological polar surface area (TPSA) is 569 Å². The van der Waals surface area contributed by atoms with Crippen LogP contribution in [0.25, 0.3) is 0 Å². The number of unbranched alkanes of at least 4 members (excludes halogenated alkanes) is 7. The Morgan fingerprint density at radius 1 is 0.422 bits per heavy atom. The van der Waals surface area contributed by atoms with Gasteiger partial charge in [-0.1, -0.05) is 19.3 Å². The average Bonchev–Trinajstić information content (AvgIpc) is 0.816. The molecule has 4 fully saturated rings. The summed E-state index contributed by atoms with van der Waals surface area (Å²) in [5, 5.41) is 119. The normalized spacial score (nSPS) is 26.0. The molecule has 116 heavy (non-hydrogen) atoms. The van der Waals surface area contributed by atoms with Crippen molar-refractivity contribution in [2.24, 2.45) is 5.92 Å². The Labute approximate surface area is 679 Å². The summed E-state index contributed by atoms with van der Waals surface area (Å²) in [6, 6.07) is -4.32. The van der Waals surface area contributed by atoms with Crippen molar-refractivity contribution in [1.29, 1.82) is 0 Å². The summed E-state index contributed by atoms with van der Waals surface area (Å²) in [6.07, 6.45) is -7.03. The molecule has 4 rings (SSSR count). The predicted octanol–water partition coefficient (Wildman–Crippen LogP) is -4.99. The van der Waals surface area contributed by atoms with Crippen LogP contribution in [0.4, 0.5) is 0 Å². The molecule has 40 nitrogen and oxygen atoms in total. The number of aliphatic hydroxyl groups is 9. The molecule has 3 aliphatic heterocycles. The number of aliphatic hydroxyl groups excluding tert-OH is 9. The van der Waals surface area contributed by atoms with Gasteiger partial charge in [0.25, 0.3) is 0 Å². The quantitative estimate of drug-likeness (QED) is 0.0254. The molecule has 0 aromatic rings. The van der Waals surface area contributed by atoms with Crippen LogP contribution < -0.4 is 53.2 Å². The number of carbonyl (C=O) groups excluding carboxylic acids is 10. The van der Waals surface area contributed by atoms with Crippen molar-refractivity contribution < 1.29 is 141 Å². The van der Waals surface area contributed by atoms with E-state index in [4.69, 9.17) is 47.4 Å². The molecule has 17 unspecified atom stereocenters. The van der Waals surface area contributed by atoms with Crippen molar-refractivity contribution in [3.05, 3.63) is 0 Å². The van der Waals surface area contributed by atoms with Crippen LogP contribution in [0.15, 0.2) is 0 Å². The highest BCUT2D eigenvalue weighted by Crippen LogP contribution is 2.30. The van der Waals surface area contributed by atoms with E-state index >= 15 is 0 Å². The predicted molar refractivity (Wildman–Crippen MR) is 413 cm³/mol. The molecule has 1 aliphatic carbocycles. The third-order valence-electron chi connectivity index (χ3n) is 19.6. The molecule has 670 valence electrons. The van der Waals surface area contributed by atoms with Gasteiger partial charge in [0.1, 0.15) is 73.1 Å². The molecular formula is C76H137N11O29. The molecule has 3 heterocycles. The Morgan fingerprint density at radius 3 is 1.19 bits per heavy atom. The van der Waals surface area contributed by atoms with Gasteiger partial charge in [-0.2, -0.15) is 0 Å². The summed E-state index contributed by atoms with van der Waals surface area (Å²) >= 11 is 0. The second kappa shape index (κ2) is 57.2. The molecule has 0 spiro atoms. The fraction of sp³-hybridized carbons (Fsp3) is 0.868. The van der Waals surface area contributed by atoms with Crippen molar-refractivity contribution in [2.45, 2.75) is 286 Å². The lowest BCUT2D eigenvalue weighted by molar-refractivity contribution is -0.274. The maximum Gasteiger partial charge on any atom is 0.237 e. The van der Waals surface area contributed by atoms with Crippen LogP contribution in [-0.2, 0) is 95.3 Å². The fourth-order valence-corrected chi connectivity index (χ4v) is 13.6. The number of carbonyl (C=O) groups is 10. The lowest BCUT2D eigenvalue weighted by Gasteiger charge is -2.42. The molecule has 0 aromatic heterocycles. The van der Waals surface area contributed by atoms with Gasteiger partial charge in [-0.3, -0.25) is 52.8 Å². The van der Waals surface area contributed by atoms with Crippen LogP contribution in [-0.4, -0.2) is 357 Å². The van der Waals surface area contributed by atoms with Crippen molar-refractivity contribution in [2.75, 3.05) is 132 Å².